The lowest BCUT2D eigenvalue weighted by Crippen LogP contribution is -1.95. The monoisotopic (exact) mass is 263 g/mol. The Kier molecular flexibility index (Phi) is 2.40. The first-order valence-electron chi connectivity index (χ1n) is 7.11. The van der Waals surface area contributed by atoms with Gasteiger partial charge in [-0.1, -0.05) is 43.3 Å². The number of rotatable bonds is 2. The number of aromatic nitrogens is 1. The molecule has 2 nitrogen and oxygen atoms in total. The van der Waals surface area contributed by atoms with Crippen LogP contribution >= 0.6 is 0 Å². The number of benzene rings is 2. The van der Waals surface area contributed by atoms with Crippen molar-refractivity contribution in [2.45, 2.75) is 19.9 Å². The molecule has 3 aromatic rings. The van der Waals surface area contributed by atoms with Crippen molar-refractivity contribution >= 4 is 10.9 Å². The maximum Gasteiger partial charge on any atom is 0.143 e. The molecule has 0 spiro atoms. The predicted octanol–water partition coefficient (Wildman–Crippen LogP) is 4.24. The van der Waals surface area contributed by atoms with E-state index in [1.165, 1.54) is 33.3 Å². The molecule has 0 unspecified atom stereocenters. The molecule has 0 atom stereocenters. The first-order valence-corrected chi connectivity index (χ1v) is 7.11. The van der Waals surface area contributed by atoms with Crippen LogP contribution in [0.4, 0.5) is 0 Å². The second-order valence-electron chi connectivity index (χ2n) is 5.28. The van der Waals surface area contributed by atoms with Crippen molar-refractivity contribution in [3.8, 4) is 17.0 Å². The van der Waals surface area contributed by atoms with E-state index in [2.05, 4.69) is 54.0 Å². The summed E-state index contributed by atoms with van der Waals surface area (Å²) < 4.78 is 8.00. The summed E-state index contributed by atoms with van der Waals surface area (Å²) in [5.74, 6) is 0.969. The van der Waals surface area contributed by atoms with Gasteiger partial charge in [-0.05, 0) is 23.6 Å². The second-order valence-corrected chi connectivity index (χ2v) is 5.28. The minimum atomic E-state index is 0.947. The molecule has 1 aliphatic rings. The van der Waals surface area contributed by atoms with Crippen LogP contribution in [-0.4, -0.2) is 11.7 Å². The van der Waals surface area contributed by atoms with E-state index in [1.54, 1.807) is 7.11 Å². The van der Waals surface area contributed by atoms with Gasteiger partial charge in [0.1, 0.15) is 5.75 Å². The Hall–Kier alpha value is -2.22. The first kappa shape index (κ1) is 11.6. The van der Waals surface area contributed by atoms with E-state index in [0.717, 1.165) is 18.7 Å². The Balaban J connectivity index is 2.15. The van der Waals surface area contributed by atoms with Crippen LogP contribution < -0.4 is 4.74 Å². The molecule has 2 aromatic carbocycles. The number of hydrogen-bond donors (Lipinski definition) is 0. The Morgan fingerprint density at radius 2 is 1.95 bits per heavy atom. The van der Waals surface area contributed by atoms with Gasteiger partial charge in [0.15, 0.2) is 0 Å². The lowest BCUT2D eigenvalue weighted by molar-refractivity contribution is 0.417. The van der Waals surface area contributed by atoms with E-state index >= 15 is 0 Å². The SMILES string of the molecule is CCc1c2n(c3c(OC)cccc13)Cc1ccccc1-2. The largest absolute Gasteiger partial charge is 0.495 e. The van der Waals surface area contributed by atoms with Crippen molar-refractivity contribution < 1.29 is 4.74 Å². The van der Waals surface area contributed by atoms with E-state index in [0.29, 0.717) is 0 Å². The minimum absolute atomic E-state index is 0.947. The van der Waals surface area contributed by atoms with Gasteiger partial charge >= 0.3 is 0 Å². The molecule has 20 heavy (non-hydrogen) atoms. The predicted molar refractivity (Wildman–Crippen MR) is 82.4 cm³/mol. The quantitative estimate of drug-likeness (QED) is 0.527. The average Bonchev–Trinajstić information content (AvgIpc) is 3.01. The van der Waals surface area contributed by atoms with Gasteiger partial charge in [-0.2, -0.15) is 0 Å². The first-order chi connectivity index (χ1) is 9.85. The fraction of sp³-hybridized carbons (Fsp3) is 0.222. The molecule has 1 aromatic heterocycles. The number of nitrogens with zero attached hydrogens (tertiary/aromatic N) is 1. The summed E-state index contributed by atoms with van der Waals surface area (Å²) in [5, 5.41) is 1.33. The van der Waals surface area contributed by atoms with Crippen LogP contribution in [0, 0.1) is 0 Å². The zero-order valence-electron chi connectivity index (χ0n) is 11.8. The third kappa shape index (κ3) is 1.34. The van der Waals surface area contributed by atoms with Crippen LogP contribution in [0.3, 0.4) is 0 Å². The van der Waals surface area contributed by atoms with Gasteiger partial charge < -0.3 is 9.30 Å². The highest BCUT2D eigenvalue weighted by Gasteiger charge is 2.26. The van der Waals surface area contributed by atoms with Gasteiger partial charge in [0.25, 0.3) is 0 Å². The zero-order valence-corrected chi connectivity index (χ0v) is 11.8. The molecule has 0 fully saturated rings. The summed E-state index contributed by atoms with van der Waals surface area (Å²) in [6.45, 7) is 3.18. The topological polar surface area (TPSA) is 14.2 Å². The molecule has 100 valence electrons. The normalized spacial score (nSPS) is 12.5. The molecule has 1 aliphatic heterocycles. The lowest BCUT2D eigenvalue weighted by Gasteiger charge is -2.06. The Morgan fingerprint density at radius 3 is 2.75 bits per heavy atom. The van der Waals surface area contributed by atoms with Crippen molar-refractivity contribution in [3.63, 3.8) is 0 Å². The highest BCUT2D eigenvalue weighted by Crippen LogP contribution is 2.43. The van der Waals surface area contributed by atoms with Crippen molar-refractivity contribution in [1.29, 1.82) is 0 Å². The van der Waals surface area contributed by atoms with Gasteiger partial charge in [-0.25, -0.2) is 0 Å². The highest BCUT2D eigenvalue weighted by atomic mass is 16.5. The summed E-state index contributed by atoms with van der Waals surface area (Å²) in [4.78, 5) is 0. The Bertz CT molecular complexity index is 814. The number of para-hydroxylation sites is 1. The van der Waals surface area contributed by atoms with Gasteiger partial charge in [0.05, 0.1) is 18.3 Å². The maximum atomic E-state index is 5.59. The molecule has 0 bridgehead atoms. The van der Waals surface area contributed by atoms with Crippen LogP contribution in [0.25, 0.3) is 22.2 Å². The molecular formula is C18H17NO. The summed E-state index contributed by atoms with van der Waals surface area (Å²) >= 11 is 0. The van der Waals surface area contributed by atoms with Crippen LogP contribution in [0.1, 0.15) is 18.1 Å². The fourth-order valence-electron chi connectivity index (χ4n) is 3.49. The summed E-state index contributed by atoms with van der Waals surface area (Å²) in [5.41, 5.74) is 6.83. The zero-order chi connectivity index (χ0) is 13.7. The molecule has 0 radical (unpaired) electrons. The van der Waals surface area contributed by atoms with Crippen molar-refractivity contribution in [2.75, 3.05) is 7.11 Å². The van der Waals surface area contributed by atoms with E-state index in [4.69, 9.17) is 4.74 Å². The smallest absolute Gasteiger partial charge is 0.143 e. The van der Waals surface area contributed by atoms with Crippen molar-refractivity contribution in [3.05, 3.63) is 53.6 Å². The standard InChI is InChI=1S/C18H17NO/c1-3-13-15-9-6-10-16(20-2)18(15)19-11-12-7-4-5-8-14(12)17(13)19/h4-10H,3,11H2,1-2H3. The van der Waals surface area contributed by atoms with E-state index in [9.17, 15) is 0 Å². The minimum Gasteiger partial charge on any atom is -0.495 e. The molecular weight excluding hydrogens is 246 g/mol. The van der Waals surface area contributed by atoms with E-state index in [-0.39, 0.29) is 0 Å². The lowest BCUT2D eigenvalue weighted by atomic mass is 10.0. The van der Waals surface area contributed by atoms with Crippen molar-refractivity contribution in [2.24, 2.45) is 0 Å². The summed E-state index contributed by atoms with van der Waals surface area (Å²) in [6.07, 6.45) is 1.04. The third-order valence-electron chi connectivity index (χ3n) is 4.32. The molecule has 4 rings (SSSR count). The number of fused-ring (bicyclic) bond motifs is 5. The fourth-order valence-corrected chi connectivity index (χ4v) is 3.49. The van der Waals surface area contributed by atoms with Crippen LogP contribution in [0.2, 0.25) is 0 Å². The molecule has 2 heteroatoms. The molecule has 0 amide bonds. The second kappa shape index (κ2) is 4.14. The molecule has 0 N–H and O–H groups in total. The number of aryl methyl sites for hydroxylation is 1. The van der Waals surface area contributed by atoms with Gasteiger partial charge in [0, 0.05) is 17.5 Å². The van der Waals surface area contributed by atoms with Gasteiger partial charge in [-0.3, -0.25) is 0 Å². The molecule has 0 aliphatic carbocycles. The Labute approximate surface area is 118 Å². The third-order valence-corrected chi connectivity index (χ3v) is 4.32. The highest BCUT2D eigenvalue weighted by molar-refractivity contribution is 5.97. The summed E-state index contributed by atoms with van der Waals surface area (Å²) in [6, 6.07) is 15.1. The molecule has 2 heterocycles. The van der Waals surface area contributed by atoms with Crippen molar-refractivity contribution in [1.82, 2.24) is 4.57 Å². The van der Waals surface area contributed by atoms with Gasteiger partial charge in [-0.15, -0.1) is 0 Å². The van der Waals surface area contributed by atoms with E-state index in [1.807, 2.05) is 0 Å². The molecule has 0 saturated carbocycles. The van der Waals surface area contributed by atoms with E-state index < -0.39 is 0 Å². The van der Waals surface area contributed by atoms with Crippen LogP contribution in [-0.2, 0) is 13.0 Å². The molecule has 0 saturated heterocycles. The van der Waals surface area contributed by atoms with Crippen LogP contribution in [0.5, 0.6) is 5.75 Å². The average molecular weight is 263 g/mol. The van der Waals surface area contributed by atoms with Crippen LogP contribution in [0.15, 0.2) is 42.5 Å². The summed E-state index contributed by atoms with van der Waals surface area (Å²) in [7, 11) is 1.75. The Morgan fingerprint density at radius 1 is 1.10 bits per heavy atom. The maximum absolute atomic E-state index is 5.59. The number of methoxy groups -OCH3 is 1. The van der Waals surface area contributed by atoms with Gasteiger partial charge in [0.2, 0.25) is 0 Å². The number of ether oxygens (including phenoxy) is 1. The number of hydrogen-bond acceptors (Lipinski definition) is 1.